The van der Waals surface area contributed by atoms with Crippen molar-refractivity contribution in [3.8, 4) is 17.6 Å². The molecule has 0 bridgehead atoms. The molecule has 4 rings (SSSR count). The van der Waals surface area contributed by atoms with E-state index in [4.69, 9.17) is 9.47 Å². The number of halogens is 4. The smallest absolute Gasteiger partial charge is 0.416 e. The fourth-order valence-electron chi connectivity index (χ4n) is 3.77. The van der Waals surface area contributed by atoms with Gasteiger partial charge in [0.15, 0.2) is 11.5 Å². The lowest BCUT2D eigenvalue weighted by atomic mass is 10.1. The van der Waals surface area contributed by atoms with Crippen LogP contribution < -0.4 is 14.8 Å². The SMILES string of the molecule is COc1cc(/C=C2\SC(=O)N(CC(=O)Nc3cccc(C(F)(F)F)c3)C2=O)cc(Br)c1OCc1ccccc1C#N. The third-order valence-corrected chi connectivity index (χ3v) is 7.20. The maximum Gasteiger partial charge on any atom is 0.416 e. The predicted molar refractivity (Wildman–Crippen MR) is 149 cm³/mol. The summed E-state index contributed by atoms with van der Waals surface area (Å²) in [6.45, 7) is -0.582. The zero-order valence-corrected chi connectivity index (χ0v) is 23.5. The highest BCUT2D eigenvalue weighted by Gasteiger charge is 2.36. The van der Waals surface area contributed by atoms with Crippen molar-refractivity contribution in [1.29, 1.82) is 5.26 Å². The van der Waals surface area contributed by atoms with Gasteiger partial charge in [0.25, 0.3) is 11.1 Å². The van der Waals surface area contributed by atoms with E-state index >= 15 is 0 Å². The van der Waals surface area contributed by atoms with Crippen LogP contribution in [0, 0.1) is 11.3 Å². The number of hydrogen-bond donors (Lipinski definition) is 1. The molecule has 8 nitrogen and oxygen atoms in total. The second-order valence-electron chi connectivity index (χ2n) is 8.49. The van der Waals surface area contributed by atoms with Gasteiger partial charge in [-0.2, -0.15) is 18.4 Å². The summed E-state index contributed by atoms with van der Waals surface area (Å²) in [7, 11) is 1.43. The summed E-state index contributed by atoms with van der Waals surface area (Å²) < 4.78 is 50.7. The van der Waals surface area contributed by atoms with E-state index in [2.05, 4.69) is 27.3 Å². The third kappa shape index (κ3) is 7.08. The molecule has 3 aromatic rings. The Morgan fingerprint density at radius 1 is 1.15 bits per heavy atom. The quantitative estimate of drug-likeness (QED) is 0.275. The number of methoxy groups -OCH3 is 1. The highest BCUT2D eigenvalue weighted by molar-refractivity contribution is 9.10. The maximum absolute atomic E-state index is 12.9. The van der Waals surface area contributed by atoms with E-state index in [1.807, 2.05) is 0 Å². The van der Waals surface area contributed by atoms with Crippen LogP contribution in [0.25, 0.3) is 6.08 Å². The summed E-state index contributed by atoms with van der Waals surface area (Å²) in [6.07, 6.45) is -3.15. The molecule has 1 N–H and O–H groups in total. The Morgan fingerprint density at radius 3 is 2.61 bits per heavy atom. The van der Waals surface area contributed by atoms with Gasteiger partial charge in [0.2, 0.25) is 5.91 Å². The minimum Gasteiger partial charge on any atom is -0.493 e. The van der Waals surface area contributed by atoms with E-state index in [1.165, 1.54) is 19.3 Å². The van der Waals surface area contributed by atoms with Crippen LogP contribution >= 0.6 is 27.7 Å². The van der Waals surface area contributed by atoms with Crippen LogP contribution in [-0.2, 0) is 22.4 Å². The topological polar surface area (TPSA) is 109 Å². The molecule has 0 aromatic heterocycles. The molecule has 0 saturated carbocycles. The van der Waals surface area contributed by atoms with Crippen LogP contribution in [0.2, 0.25) is 0 Å². The molecule has 0 radical (unpaired) electrons. The van der Waals surface area contributed by atoms with Gasteiger partial charge in [0, 0.05) is 11.3 Å². The molecule has 1 heterocycles. The first-order chi connectivity index (χ1) is 19.5. The number of rotatable bonds is 8. The number of benzene rings is 3. The number of nitriles is 1. The van der Waals surface area contributed by atoms with Gasteiger partial charge in [-0.1, -0.05) is 24.3 Å². The molecule has 1 fully saturated rings. The molecule has 0 spiro atoms. The van der Waals surface area contributed by atoms with Gasteiger partial charge in [-0.3, -0.25) is 19.3 Å². The van der Waals surface area contributed by atoms with Gasteiger partial charge in [-0.25, -0.2) is 0 Å². The summed E-state index contributed by atoms with van der Waals surface area (Å²) in [6, 6.07) is 16.3. The minimum atomic E-state index is -4.59. The first kappa shape index (κ1) is 29.7. The molecule has 1 aliphatic heterocycles. The van der Waals surface area contributed by atoms with Crippen LogP contribution in [0.1, 0.15) is 22.3 Å². The predicted octanol–water partition coefficient (Wildman–Crippen LogP) is 6.60. The number of ether oxygens (including phenoxy) is 2. The summed E-state index contributed by atoms with van der Waals surface area (Å²) >= 11 is 4.04. The molecule has 3 amide bonds. The Hall–Kier alpha value is -4.28. The number of carbonyl (C=O) groups is 3. The Kier molecular flexibility index (Phi) is 9.05. The lowest BCUT2D eigenvalue weighted by molar-refractivity contribution is -0.137. The number of nitrogens with zero attached hydrogens (tertiary/aromatic N) is 2. The molecule has 210 valence electrons. The van der Waals surface area contributed by atoms with Crippen molar-refractivity contribution >= 4 is 56.5 Å². The highest BCUT2D eigenvalue weighted by Crippen LogP contribution is 2.39. The number of carbonyl (C=O) groups excluding carboxylic acids is 3. The molecule has 13 heteroatoms. The Morgan fingerprint density at radius 2 is 1.90 bits per heavy atom. The molecule has 1 aliphatic rings. The van der Waals surface area contributed by atoms with Crippen molar-refractivity contribution in [3.63, 3.8) is 0 Å². The molecule has 41 heavy (non-hydrogen) atoms. The monoisotopic (exact) mass is 645 g/mol. The number of hydrogen-bond acceptors (Lipinski definition) is 7. The zero-order chi connectivity index (χ0) is 29.7. The van der Waals surface area contributed by atoms with E-state index < -0.39 is 35.3 Å². The van der Waals surface area contributed by atoms with Crippen LogP contribution in [0.4, 0.5) is 23.7 Å². The summed E-state index contributed by atoms with van der Waals surface area (Å²) in [5, 5.41) is 10.9. The van der Waals surface area contributed by atoms with E-state index in [0.717, 1.165) is 18.2 Å². The molecule has 1 saturated heterocycles. The first-order valence-electron chi connectivity index (χ1n) is 11.7. The number of amides is 3. The zero-order valence-electron chi connectivity index (χ0n) is 21.1. The van der Waals surface area contributed by atoms with Gasteiger partial charge in [-0.15, -0.1) is 0 Å². The van der Waals surface area contributed by atoms with Crippen molar-refractivity contribution in [3.05, 3.63) is 92.3 Å². The molecular formula is C28H19BrF3N3O5S. The fraction of sp³-hybridized carbons (Fsp3) is 0.143. The summed E-state index contributed by atoms with van der Waals surface area (Å²) in [5.41, 5.74) is 0.562. The van der Waals surface area contributed by atoms with E-state index in [9.17, 15) is 32.8 Å². The summed E-state index contributed by atoms with van der Waals surface area (Å²) in [4.78, 5) is 38.6. The third-order valence-electron chi connectivity index (χ3n) is 5.71. The fourth-order valence-corrected chi connectivity index (χ4v) is 5.19. The van der Waals surface area contributed by atoms with Crippen LogP contribution in [0.3, 0.4) is 0 Å². The average molecular weight is 646 g/mol. The Bertz CT molecular complexity index is 1600. The second-order valence-corrected chi connectivity index (χ2v) is 10.3. The van der Waals surface area contributed by atoms with Crippen molar-refractivity contribution in [1.82, 2.24) is 4.90 Å². The standard InChI is InChI=1S/C28H19BrF3N3O5S/c1-39-22-10-16(9-21(29)25(22)40-15-18-6-3-2-5-17(18)13-33)11-23-26(37)35(27(38)41-23)14-24(36)34-20-8-4-7-19(12-20)28(30,31)32/h2-12H,14-15H2,1H3,(H,34,36)/b23-11-. The molecular weight excluding hydrogens is 627 g/mol. The second kappa shape index (κ2) is 12.5. The van der Waals surface area contributed by atoms with Gasteiger partial charge >= 0.3 is 6.18 Å². The normalized spacial score (nSPS) is 14.2. The molecule has 0 aliphatic carbocycles. The van der Waals surface area contributed by atoms with Crippen LogP contribution in [0.5, 0.6) is 11.5 Å². The van der Waals surface area contributed by atoms with Gasteiger partial charge in [-0.05, 0) is 75.7 Å². The molecule has 0 atom stereocenters. The number of alkyl halides is 3. The lowest BCUT2D eigenvalue weighted by Crippen LogP contribution is -2.36. The van der Waals surface area contributed by atoms with Gasteiger partial charge < -0.3 is 14.8 Å². The number of imide groups is 1. The van der Waals surface area contributed by atoms with E-state index in [-0.39, 0.29) is 17.2 Å². The number of thioether (sulfide) groups is 1. The van der Waals surface area contributed by atoms with Crippen molar-refractivity contribution in [2.45, 2.75) is 12.8 Å². The van der Waals surface area contributed by atoms with Crippen LogP contribution in [-0.4, -0.2) is 35.6 Å². The van der Waals surface area contributed by atoms with Crippen molar-refractivity contribution in [2.24, 2.45) is 0 Å². The van der Waals surface area contributed by atoms with E-state index in [1.54, 1.807) is 36.4 Å². The molecule has 3 aromatic carbocycles. The summed E-state index contributed by atoms with van der Waals surface area (Å²) in [5.74, 6) is -0.893. The minimum absolute atomic E-state index is 0.0347. The number of anilines is 1. The van der Waals surface area contributed by atoms with Crippen LogP contribution in [0.15, 0.2) is 70.0 Å². The average Bonchev–Trinajstić information content (AvgIpc) is 3.19. The van der Waals surface area contributed by atoms with E-state index in [0.29, 0.717) is 49.3 Å². The Balaban J connectivity index is 1.47. The number of nitrogens with one attached hydrogen (secondary N) is 1. The van der Waals surface area contributed by atoms with Crippen molar-refractivity contribution in [2.75, 3.05) is 19.0 Å². The van der Waals surface area contributed by atoms with Gasteiger partial charge in [0.1, 0.15) is 13.2 Å². The largest absolute Gasteiger partial charge is 0.493 e. The first-order valence-corrected chi connectivity index (χ1v) is 13.3. The molecule has 0 unspecified atom stereocenters. The maximum atomic E-state index is 12.9. The van der Waals surface area contributed by atoms with Gasteiger partial charge in [0.05, 0.1) is 33.7 Å². The van der Waals surface area contributed by atoms with Crippen molar-refractivity contribution < 1.29 is 37.0 Å². The lowest BCUT2D eigenvalue weighted by Gasteiger charge is -2.14. The highest BCUT2D eigenvalue weighted by atomic mass is 79.9. The Labute approximate surface area is 244 Å².